The second-order valence-electron chi connectivity index (χ2n) is 2.83. The molecule has 1 aromatic rings. The zero-order chi connectivity index (χ0) is 12.3. The molecular formula is C10H6F3NO2. The minimum atomic E-state index is -2.89. The predicted octanol–water partition coefficient (Wildman–Crippen LogP) is 2.42. The SMILES string of the molecule is COC(=O)c1cc(C(F)F)cc(C#N)c1F. The number of alkyl halides is 2. The monoisotopic (exact) mass is 229 g/mol. The number of carbonyl (C=O) groups excluding carboxylic acids is 1. The van der Waals surface area contributed by atoms with Crippen molar-refractivity contribution in [3.05, 3.63) is 34.6 Å². The second-order valence-corrected chi connectivity index (χ2v) is 2.83. The Balaban J connectivity index is 3.43. The van der Waals surface area contributed by atoms with E-state index >= 15 is 0 Å². The van der Waals surface area contributed by atoms with Crippen LogP contribution in [-0.2, 0) is 4.74 Å². The van der Waals surface area contributed by atoms with Gasteiger partial charge in [-0.3, -0.25) is 0 Å². The molecule has 0 aliphatic heterocycles. The third-order valence-corrected chi connectivity index (χ3v) is 1.87. The molecule has 0 aliphatic rings. The van der Waals surface area contributed by atoms with Gasteiger partial charge >= 0.3 is 5.97 Å². The largest absolute Gasteiger partial charge is 0.465 e. The number of nitrogens with zero attached hydrogens (tertiary/aromatic N) is 1. The van der Waals surface area contributed by atoms with Crippen molar-refractivity contribution in [2.75, 3.05) is 7.11 Å². The average molecular weight is 229 g/mol. The van der Waals surface area contributed by atoms with Crippen LogP contribution in [0.5, 0.6) is 0 Å². The van der Waals surface area contributed by atoms with Crippen molar-refractivity contribution in [3.8, 4) is 6.07 Å². The average Bonchev–Trinajstić information content (AvgIpc) is 2.28. The Morgan fingerprint density at radius 3 is 2.56 bits per heavy atom. The Labute approximate surface area is 89.1 Å². The van der Waals surface area contributed by atoms with Crippen molar-refractivity contribution in [2.24, 2.45) is 0 Å². The Kier molecular flexibility index (Phi) is 3.51. The van der Waals surface area contributed by atoms with Crippen LogP contribution in [0.3, 0.4) is 0 Å². The molecule has 0 aliphatic carbocycles. The molecule has 0 radical (unpaired) electrons. The summed E-state index contributed by atoms with van der Waals surface area (Å²) in [4.78, 5) is 11.1. The highest BCUT2D eigenvalue weighted by Gasteiger charge is 2.20. The Morgan fingerprint density at radius 2 is 2.12 bits per heavy atom. The van der Waals surface area contributed by atoms with Crippen LogP contribution in [-0.4, -0.2) is 13.1 Å². The van der Waals surface area contributed by atoms with E-state index in [1.165, 1.54) is 6.07 Å². The molecule has 16 heavy (non-hydrogen) atoms. The molecule has 84 valence electrons. The highest BCUT2D eigenvalue weighted by atomic mass is 19.3. The van der Waals surface area contributed by atoms with Crippen LogP contribution < -0.4 is 0 Å². The van der Waals surface area contributed by atoms with Crippen LogP contribution in [0.4, 0.5) is 13.2 Å². The first-order chi connectivity index (χ1) is 7.51. The zero-order valence-electron chi connectivity index (χ0n) is 8.13. The first-order valence-electron chi connectivity index (χ1n) is 4.11. The van der Waals surface area contributed by atoms with Gasteiger partial charge in [0, 0.05) is 5.56 Å². The predicted molar refractivity (Wildman–Crippen MR) is 47.4 cm³/mol. The van der Waals surface area contributed by atoms with Crippen LogP contribution in [0.2, 0.25) is 0 Å². The molecule has 6 heteroatoms. The molecule has 0 N–H and O–H groups in total. The number of hydrogen-bond acceptors (Lipinski definition) is 3. The number of nitriles is 1. The van der Waals surface area contributed by atoms with Crippen LogP contribution in [0, 0.1) is 17.1 Å². The molecule has 0 atom stereocenters. The van der Waals surface area contributed by atoms with E-state index in [-0.39, 0.29) is 0 Å². The molecule has 0 spiro atoms. The van der Waals surface area contributed by atoms with Gasteiger partial charge < -0.3 is 4.74 Å². The summed E-state index contributed by atoms with van der Waals surface area (Å²) in [5.41, 5.74) is -1.88. The molecule has 0 saturated heterocycles. The quantitative estimate of drug-likeness (QED) is 0.731. The summed E-state index contributed by atoms with van der Waals surface area (Å²) < 4.78 is 42.4. The number of benzene rings is 1. The van der Waals surface area contributed by atoms with Gasteiger partial charge in [-0.15, -0.1) is 0 Å². The number of halogens is 3. The van der Waals surface area contributed by atoms with Gasteiger partial charge in [0.05, 0.1) is 18.2 Å². The van der Waals surface area contributed by atoms with E-state index in [2.05, 4.69) is 4.74 Å². The van der Waals surface area contributed by atoms with E-state index in [0.29, 0.717) is 12.1 Å². The van der Waals surface area contributed by atoms with E-state index in [0.717, 1.165) is 7.11 Å². The standard InChI is InChI=1S/C10H6F3NO2/c1-16-10(15)7-3-5(9(12)13)2-6(4-14)8(7)11/h2-3,9H,1H3. The van der Waals surface area contributed by atoms with Crippen LogP contribution in [0.15, 0.2) is 12.1 Å². The summed E-state index contributed by atoms with van der Waals surface area (Å²) in [6.07, 6.45) is -2.89. The molecule has 0 fully saturated rings. The van der Waals surface area contributed by atoms with Gasteiger partial charge in [-0.2, -0.15) is 5.26 Å². The lowest BCUT2D eigenvalue weighted by Gasteiger charge is -2.06. The van der Waals surface area contributed by atoms with E-state index in [4.69, 9.17) is 5.26 Å². The van der Waals surface area contributed by atoms with Crippen LogP contribution in [0.25, 0.3) is 0 Å². The van der Waals surface area contributed by atoms with Gasteiger partial charge in [-0.1, -0.05) is 0 Å². The summed E-state index contributed by atoms with van der Waals surface area (Å²) in [6.45, 7) is 0. The number of hydrogen-bond donors (Lipinski definition) is 0. The molecule has 0 heterocycles. The van der Waals surface area contributed by atoms with Gasteiger partial charge in [-0.25, -0.2) is 18.0 Å². The van der Waals surface area contributed by atoms with Crippen molar-refractivity contribution in [1.29, 1.82) is 5.26 Å². The molecule has 0 unspecified atom stereocenters. The van der Waals surface area contributed by atoms with Crippen molar-refractivity contribution < 1.29 is 22.7 Å². The zero-order valence-corrected chi connectivity index (χ0v) is 8.13. The third kappa shape index (κ3) is 2.14. The molecule has 0 aromatic heterocycles. The van der Waals surface area contributed by atoms with E-state index in [1.807, 2.05) is 0 Å². The fourth-order valence-electron chi connectivity index (χ4n) is 1.11. The van der Waals surface area contributed by atoms with Gasteiger partial charge in [0.2, 0.25) is 0 Å². The molecule has 0 bridgehead atoms. The van der Waals surface area contributed by atoms with E-state index in [1.54, 1.807) is 0 Å². The lowest BCUT2D eigenvalue weighted by Crippen LogP contribution is -2.07. The smallest absolute Gasteiger partial charge is 0.340 e. The highest BCUT2D eigenvalue weighted by molar-refractivity contribution is 5.90. The van der Waals surface area contributed by atoms with Gasteiger partial charge in [0.1, 0.15) is 6.07 Å². The number of carbonyl (C=O) groups is 1. The summed E-state index contributed by atoms with van der Waals surface area (Å²) >= 11 is 0. The van der Waals surface area contributed by atoms with Crippen LogP contribution in [0.1, 0.15) is 27.9 Å². The van der Waals surface area contributed by atoms with Gasteiger partial charge in [0.15, 0.2) is 5.82 Å². The Bertz CT molecular complexity index is 466. The van der Waals surface area contributed by atoms with Crippen molar-refractivity contribution in [3.63, 3.8) is 0 Å². The summed E-state index contributed by atoms with van der Waals surface area (Å²) in [5, 5.41) is 8.52. The highest BCUT2D eigenvalue weighted by Crippen LogP contribution is 2.24. The van der Waals surface area contributed by atoms with Crippen molar-refractivity contribution >= 4 is 5.97 Å². The fourth-order valence-corrected chi connectivity index (χ4v) is 1.11. The van der Waals surface area contributed by atoms with Crippen molar-refractivity contribution in [1.82, 2.24) is 0 Å². The van der Waals surface area contributed by atoms with E-state index < -0.39 is 34.9 Å². The lowest BCUT2D eigenvalue weighted by atomic mass is 10.1. The minimum Gasteiger partial charge on any atom is -0.465 e. The molecule has 3 nitrogen and oxygen atoms in total. The molecule has 1 aromatic carbocycles. The van der Waals surface area contributed by atoms with Crippen molar-refractivity contribution in [2.45, 2.75) is 6.43 Å². The summed E-state index contributed by atoms with van der Waals surface area (Å²) in [7, 11) is 0.989. The normalized spacial score (nSPS) is 10.0. The van der Waals surface area contributed by atoms with Gasteiger partial charge in [0.25, 0.3) is 6.43 Å². The fraction of sp³-hybridized carbons (Fsp3) is 0.200. The Hall–Kier alpha value is -2.03. The summed E-state index contributed by atoms with van der Waals surface area (Å²) in [5.74, 6) is -2.25. The molecule has 0 saturated carbocycles. The molecule has 1 rings (SSSR count). The number of rotatable bonds is 2. The molecular weight excluding hydrogens is 223 g/mol. The maximum Gasteiger partial charge on any atom is 0.340 e. The minimum absolute atomic E-state index is 0.599. The number of methoxy groups -OCH3 is 1. The lowest BCUT2D eigenvalue weighted by molar-refractivity contribution is 0.0595. The Morgan fingerprint density at radius 1 is 1.50 bits per heavy atom. The first kappa shape index (κ1) is 12.0. The molecule has 0 amide bonds. The van der Waals surface area contributed by atoms with Gasteiger partial charge in [-0.05, 0) is 12.1 Å². The first-order valence-corrected chi connectivity index (χ1v) is 4.11. The van der Waals surface area contributed by atoms with E-state index in [9.17, 15) is 18.0 Å². The maximum absolute atomic E-state index is 13.4. The van der Waals surface area contributed by atoms with Crippen LogP contribution >= 0.6 is 0 Å². The number of esters is 1. The number of ether oxygens (including phenoxy) is 1. The second kappa shape index (κ2) is 4.66. The third-order valence-electron chi connectivity index (χ3n) is 1.87. The maximum atomic E-state index is 13.4. The topological polar surface area (TPSA) is 50.1 Å². The summed E-state index contributed by atoms with van der Waals surface area (Å²) in [6, 6.07) is 2.77.